The first-order valence-electron chi connectivity index (χ1n) is 5.09. The summed E-state index contributed by atoms with van der Waals surface area (Å²) in [7, 11) is 0. The van der Waals surface area contributed by atoms with Crippen LogP contribution in [0.2, 0.25) is 0 Å². The Labute approximate surface area is 79.0 Å². The highest BCUT2D eigenvalue weighted by molar-refractivity contribution is 5.39. The van der Waals surface area contributed by atoms with Gasteiger partial charge in [-0.2, -0.15) is 0 Å². The lowest BCUT2D eigenvalue weighted by molar-refractivity contribution is 0.430. The largest absolute Gasteiger partial charge is 0.384 e. The van der Waals surface area contributed by atoms with Gasteiger partial charge in [0.2, 0.25) is 0 Å². The van der Waals surface area contributed by atoms with Gasteiger partial charge in [-0.15, -0.1) is 0 Å². The Kier molecular flexibility index (Phi) is 2.02. The second-order valence-electron chi connectivity index (χ2n) is 3.82. The molecule has 0 radical (unpaired) electrons. The number of hydrogen-bond acceptors (Lipinski definition) is 2. The van der Waals surface area contributed by atoms with E-state index in [1.807, 2.05) is 0 Å². The highest BCUT2D eigenvalue weighted by Crippen LogP contribution is 2.29. The first-order valence-corrected chi connectivity index (χ1v) is 5.09. The maximum absolute atomic E-state index is 6.03. The van der Waals surface area contributed by atoms with Crippen molar-refractivity contribution in [2.24, 2.45) is 0 Å². The molecule has 2 N–H and O–H groups in total. The van der Waals surface area contributed by atoms with Gasteiger partial charge in [-0.05, 0) is 26.2 Å². The SMILES string of the molecule is CCc1nc2n(c1N)C(C)CCC2. The Bertz CT molecular complexity index is 314. The zero-order valence-electron chi connectivity index (χ0n) is 8.38. The lowest BCUT2D eigenvalue weighted by Crippen LogP contribution is -2.17. The average molecular weight is 179 g/mol. The lowest BCUT2D eigenvalue weighted by atomic mass is 10.1. The Morgan fingerprint density at radius 2 is 2.38 bits per heavy atom. The van der Waals surface area contributed by atoms with Crippen LogP contribution in [0.4, 0.5) is 5.82 Å². The van der Waals surface area contributed by atoms with Crippen molar-refractivity contribution in [2.75, 3.05) is 5.73 Å². The van der Waals surface area contributed by atoms with E-state index in [4.69, 9.17) is 5.73 Å². The van der Waals surface area contributed by atoms with Crippen molar-refractivity contribution in [3.63, 3.8) is 0 Å². The Morgan fingerprint density at radius 1 is 1.62 bits per heavy atom. The highest BCUT2D eigenvalue weighted by atomic mass is 15.2. The summed E-state index contributed by atoms with van der Waals surface area (Å²) in [6, 6.07) is 0.538. The van der Waals surface area contributed by atoms with Crippen molar-refractivity contribution in [1.29, 1.82) is 0 Å². The minimum absolute atomic E-state index is 0.538. The fraction of sp³-hybridized carbons (Fsp3) is 0.700. The van der Waals surface area contributed by atoms with Gasteiger partial charge in [-0.1, -0.05) is 6.92 Å². The van der Waals surface area contributed by atoms with Gasteiger partial charge >= 0.3 is 0 Å². The predicted octanol–water partition coefficient (Wildman–Crippen LogP) is 1.93. The number of fused-ring (bicyclic) bond motifs is 1. The molecule has 0 amide bonds. The smallest absolute Gasteiger partial charge is 0.127 e. The third-order valence-electron chi connectivity index (χ3n) is 2.90. The van der Waals surface area contributed by atoms with Gasteiger partial charge < -0.3 is 10.3 Å². The second kappa shape index (κ2) is 3.05. The van der Waals surface area contributed by atoms with Gasteiger partial charge in [0.25, 0.3) is 0 Å². The number of rotatable bonds is 1. The van der Waals surface area contributed by atoms with Gasteiger partial charge in [0, 0.05) is 12.5 Å². The molecule has 1 unspecified atom stereocenters. The van der Waals surface area contributed by atoms with Crippen molar-refractivity contribution in [3.05, 3.63) is 11.5 Å². The molecule has 72 valence electrons. The molecule has 1 atom stereocenters. The van der Waals surface area contributed by atoms with Gasteiger partial charge in [-0.25, -0.2) is 4.98 Å². The molecule has 1 aliphatic heterocycles. The zero-order valence-corrected chi connectivity index (χ0v) is 8.38. The molecule has 0 aromatic carbocycles. The number of nitrogens with zero attached hydrogens (tertiary/aromatic N) is 2. The van der Waals surface area contributed by atoms with Crippen LogP contribution < -0.4 is 5.73 Å². The van der Waals surface area contributed by atoms with Crippen molar-refractivity contribution in [1.82, 2.24) is 9.55 Å². The maximum Gasteiger partial charge on any atom is 0.127 e. The summed E-state index contributed by atoms with van der Waals surface area (Å²) in [6.45, 7) is 4.33. The molecular formula is C10H17N3. The molecule has 0 bridgehead atoms. The van der Waals surface area contributed by atoms with Crippen LogP contribution in [0.5, 0.6) is 0 Å². The zero-order chi connectivity index (χ0) is 9.42. The molecule has 2 rings (SSSR count). The molecule has 3 nitrogen and oxygen atoms in total. The number of anilines is 1. The number of hydrogen-bond donors (Lipinski definition) is 1. The predicted molar refractivity (Wildman–Crippen MR) is 53.7 cm³/mol. The first kappa shape index (κ1) is 8.60. The fourth-order valence-corrected chi connectivity index (χ4v) is 2.16. The molecule has 1 aromatic heterocycles. The highest BCUT2D eigenvalue weighted by Gasteiger charge is 2.21. The van der Waals surface area contributed by atoms with E-state index in [0.717, 1.165) is 24.4 Å². The monoisotopic (exact) mass is 179 g/mol. The molecule has 0 aliphatic carbocycles. The van der Waals surface area contributed by atoms with Gasteiger partial charge in [0.05, 0.1) is 5.69 Å². The van der Waals surface area contributed by atoms with Crippen molar-refractivity contribution in [3.8, 4) is 0 Å². The molecule has 3 heteroatoms. The minimum Gasteiger partial charge on any atom is -0.384 e. The Morgan fingerprint density at radius 3 is 3.00 bits per heavy atom. The van der Waals surface area contributed by atoms with Crippen LogP contribution in [0.1, 0.15) is 44.2 Å². The third kappa shape index (κ3) is 1.23. The van der Waals surface area contributed by atoms with E-state index in [1.165, 1.54) is 18.7 Å². The Hall–Kier alpha value is -0.990. The van der Waals surface area contributed by atoms with E-state index in [0.29, 0.717) is 6.04 Å². The number of imidazole rings is 1. The summed E-state index contributed by atoms with van der Waals surface area (Å²) in [5, 5.41) is 0. The first-order chi connectivity index (χ1) is 6.24. The van der Waals surface area contributed by atoms with Crippen molar-refractivity contribution >= 4 is 5.82 Å². The van der Waals surface area contributed by atoms with Crippen LogP contribution in [0.3, 0.4) is 0 Å². The maximum atomic E-state index is 6.03. The van der Waals surface area contributed by atoms with Gasteiger partial charge in [0.15, 0.2) is 0 Å². The lowest BCUT2D eigenvalue weighted by Gasteiger charge is -2.22. The number of aryl methyl sites for hydroxylation is 2. The van der Waals surface area contributed by atoms with E-state index in [-0.39, 0.29) is 0 Å². The summed E-state index contributed by atoms with van der Waals surface area (Å²) in [5.41, 5.74) is 7.10. The van der Waals surface area contributed by atoms with Crippen molar-refractivity contribution < 1.29 is 0 Å². The summed E-state index contributed by atoms with van der Waals surface area (Å²) in [6.07, 6.45) is 4.52. The fourth-order valence-electron chi connectivity index (χ4n) is 2.16. The number of nitrogens with two attached hydrogens (primary N) is 1. The number of aromatic nitrogens is 2. The van der Waals surface area contributed by atoms with Crippen LogP contribution in [0, 0.1) is 0 Å². The van der Waals surface area contributed by atoms with E-state index < -0.39 is 0 Å². The van der Waals surface area contributed by atoms with Crippen molar-refractivity contribution in [2.45, 2.75) is 45.6 Å². The van der Waals surface area contributed by atoms with Gasteiger partial charge in [-0.3, -0.25) is 0 Å². The molecule has 1 aliphatic rings. The van der Waals surface area contributed by atoms with Crippen LogP contribution >= 0.6 is 0 Å². The minimum atomic E-state index is 0.538. The van der Waals surface area contributed by atoms with E-state index >= 15 is 0 Å². The Balaban J connectivity index is 2.49. The van der Waals surface area contributed by atoms with Gasteiger partial charge in [0.1, 0.15) is 11.6 Å². The summed E-state index contributed by atoms with van der Waals surface area (Å²) < 4.78 is 2.21. The van der Waals surface area contributed by atoms with E-state index in [9.17, 15) is 0 Å². The van der Waals surface area contributed by atoms with Crippen LogP contribution in [-0.4, -0.2) is 9.55 Å². The van der Waals surface area contributed by atoms with Crippen LogP contribution in [-0.2, 0) is 12.8 Å². The van der Waals surface area contributed by atoms with E-state index in [2.05, 4.69) is 23.4 Å². The third-order valence-corrected chi connectivity index (χ3v) is 2.90. The number of nitrogen functional groups attached to an aromatic ring is 1. The average Bonchev–Trinajstić information content (AvgIpc) is 2.44. The standard InChI is InChI=1S/C10H17N3/c1-3-8-10(11)13-7(2)5-4-6-9(13)12-8/h7H,3-6,11H2,1-2H3. The molecule has 0 saturated heterocycles. The van der Waals surface area contributed by atoms with Crippen LogP contribution in [0.15, 0.2) is 0 Å². The summed E-state index contributed by atoms with van der Waals surface area (Å²) in [4.78, 5) is 4.56. The molecule has 0 spiro atoms. The van der Waals surface area contributed by atoms with E-state index in [1.54, 1.807) is 0 Å². The second-order valence-corrected chi connectivity index (χ2v) is 3.82. The van der Waals surface area contributed by atoms with Crippen LogP contribution in [0.25, 0.3) is 0 Å². The summed E-state index contributed by atoms with van der Waals surface area (Å²) in [5.74, 6) is 2.08. The molecule has 0 saturated carbocycles. The summed E-state index contributed by atoms with van der Waals surface area (Å²) >= 11 is 0. The molecule has 13 heavy (non-hydrogen) atoms. The topological polar surface area (TPSA) is 43.8 Å². The normalized spacial score (nSPS) is 21.5. The molecule has 2 heterocycles. The molecule has 0 fully saturated rings. The quantitative estimate of drug-likeness (QED) is 0.715. The molecular weight excluding hydrogens is 162 g/mol. The molecule has 1 aromatic rings.